The molecule has 0 saturated carbocycles. The standard InChI is InChI=1S/C9H5Cl2NO.C9H6ClNO.2Zr/c10-6-4-7(11)9(13)8-5(6)2-1-3-12-8;10-7-3-4-8(12)9-6(7)2-1-5-11-9;;/h1-4,13H;1-5,12H;;. The number of nitrogens with zero attached hydrogens (tertiary/aromatic N) is 2. The number of pyridine rings is 2. The Hall–Kier alpha value is -0.504. The van der Waals surface area contributed by atoms with Gasteiger partial charge in [-0.05, 0) is 42.5 Å². The monoisotopic (exact) mass is 572 g/mol. The number of phenols is 2. The Balaban J connectivity index is 0.000000252. The Morgan fingerprint density at radius 1 is 0.667 bits per heavy atom. The first-order valence-corrected chi connectivity index (χ1v) is 8.26. The van der Waals surface area contributed by atoms with Gasteiger partial charge in [-0.15, -0.1) is 0 Å². The molecule has 0 unspecified atom stereocenters. The van der Waals surface area contributed by atoms with Crippen molar-refractivity contribution in [3.05, 3.63) is 69.9 Å². The van der Waals surface area contributed by atoms with Crippen molar-refractivity contribution in [2.24, 2.45) is 0 Å². The molecule has 4 rings (SSSR count). The van der Waals surface area contributed by atoms with Gasteiger partial charge in [0.25, 0.3) is 0 Å². The molecule has 9 heteroatoms. The molecule has 0 atom stereocenters. The summed E-state index contributed by atoms with van der Waals surface area (Å²) in [5.41, 5.74) is 0.977. The molecule has 0 spiro atoms. The van der Waals surface area contributed by atoms with Crippen LogP contribution in [0.15, 0.2) is 54.9 Å². The summed E-state index contributed by atoms with van der Waals surface area (Å²) in [6.45, 7) is 0. The van der Waals surface area contributed by atoms with E-state index in [1.54, 1.807) is 36.7 Å². The molecule has 0 aliphatic rings. The molecular weight excluding hydrogens is 565 g/mol. The first-order valence-electron chi connectivity index (χ1n) is 7.13. The maximum absolute atomic E-state index is 9.53. The minimum atomic E-state index is -0.0262. The van der Waals surface area contributed by atoms with Crippen molar-refractivity contribution < 1.29 is 62.6 Å². The van der Waals surface area contributed by atoms with E-state index in [-0.39, 0.29) is 68.9 Å². The SMILES string of the molecule is Oc1c(Cl)cc(Cl)c2cccnc12.Oc1ccc(Cl)c2cccnc12.[Zr].[Zr]. The van der Waals surface area contributed by atoms with Crippen LogP contribution < -0.4 is 0 Å². The molecule has 2 aromatic heterocycles. The van der Waals surface area contributed by atoms with Crippen molar-refractivity contribution in [3.63, 3.8) is 0 Å². The largest absolute Gasteiger partial charge is 0.506 e. The van der Waals surface area contributed by atoms with Crippen molar-refractivity contribution in [1.82, 2.24) is 9.97 Å². The van der Waals surface area contributed by atoms with Crippen LogP contribution in [0.2, 0.25) is 15.1 Å². The van der Waals surface area contributed by atoms with E-state index >= 15 is 0 Å². The van der Waals surface area contributed by atoms with E-state index in [9.17, 15) is 10.2 Å². The first kappa shape index (κ1) is 24.5. The fourth-order valence-electron chi connectivity index (χ4n) is 2.28. The van der Waals surface area contributed by atoms with Gasteiger partial charge in [0, 0.05) is 75.6 Å². The summed E-state index contributed by atoms with van der Waals surface area (Å²) < 4.78 is 0. The molecule has 0 saturated heterocycles. The van der Waals surface area contributed by atoms with Gasteiger partial charge in [0.05, 0.1) is 15.1 Å². The van der Waals surface area contributed by atoms with E-state index < -0.39 is 0 Å². The number of aromatic nitrogens is 2. The summed E-state index contributed by atoms with van der Waals surface area (Å²) in [7, 11) is 0. The molecule has 0 aliphatic carbocycles. The van der Waals surface area contributed by atoms with E-state index in [2.05, 4.69) is 9.97 Å². The van der Waals surface area contributed by atoms with Crippen LogP contribution in [-0.2, 0) is 52.4 Å². The minimum absolute atomic E-state index is 0. The molecule has 0 amide bonds. The Labute approximate surface area is 208 Å². The van der Waals surface area contributed by atoms with E-state index in [0.29, 0.717) is 26.5 Å². The Kier molecular flexibility index (Phi) is 9.89. The van der Waals surface area contributed by atoms with Crippen molar-refractivity contribution >= 4 is 56.6 Å². The molecule has 2 aromatic carbocycles. The zero-order valence-corrected chi connectivity index (χ0v) is 20.8. The van der Waals surface area contributed by atoms with E-state index in [0.717, 1.165) is 5.39 Å². The Bertz CT molecular complexity index is 1040. The summed E-state index contributed by atoms with van der Waals surface area (Å²) in [4.78, 5) is 7.99. The maximum Gasteiger partial charge on any atom is 0.160 e. The van der Waals surface area contributed by atoms with Gasteiger partial charge in [-0.2, -0.15) is 0 Å². The number of benzene rings is 2. The number of hydrogen-bond donors (Lipinski definition) is 2. The van der Waals surface area contributed by atoms with Gasteiger partial charge >= 0.3 is 0 Å². The Morgan fingerprint density at radius 2 is 1.22 bits per heavy atom. The molecule has 27 heavy (non-hydrogen) atoms. The van der Waals surface area contributed by atoms with Crippen LogP contribution in [-0.4, -0.2) is 20.2 Å². The second kappa shape index (κ2) is 10.9. The molecule has 4 nitrogen and oxygen atoms in total. The summed E-state index contributed by atoms with van der Waals surface area (Å²) in [5, 5.41) is 21.7. The van der Waals surface area contributed by atoms with Crippen LogP contribution in [0.4, 0.5) is 0 Å². The average Bonchev–Trinajstić information content (AvgIpc) is 2.64. The fourth-order valence-corrected chi connectivity index (χ4v) is 3.01. The smallest absolute Gasteiger partial charge is 0.160 e. The second-order valence-electron chi connectivity index (χ2n) is 5.05. The third-order valence-corrected chi connectivity index (χ3v) is 4.39. The van der Waals surface area contributed by atoms with Crippen molar-refractivity contribution in [2.45, 2.75) is 0 Å². The van der Waals surface area contributed by atoms with E-state index in [4.69, 9.17) is 34.8 Å². The van der Waals surface area contributed by atoms with Gasteiger partial charge < -0.3 is 10.2 Å². The first-order chi connectivity index (χ1) is 12.0. The van der Waals surface area contributed by atoms with Gasteiger partial charge in [-0.1, -0.05) is 34.8 Å². The second-order valence-corrected chi connectivity index (χ2v) is 6.28. The number of hydrogen-bond acceptors (Lipinski definition) is 4. The van der Waals surface area contributed by atoms with Crippen LogP contribution in [0.25, 0.3) is 21.8 Å². The maximum atomic E-state index is 9.53. The molecule has 2 N–H and O–H groups in total. The third-order valence-electron chi connectivity index (χ3n) is 3.46. The molecule has 0 bridgehead atoms. The van der Waals surface area contributed by atoms with Gasteiger partial charge in [-0.3, -0.25) is 9.97 Å². The molecule has 134 valence electrons. The predicted molar refractivity (Wildman–Crippen MR) is 102 cm³/mol. The van der Waals surface area contributed by atoms with Crippen molar-refractivity contribution in [3.8, 4) is 11.5 Å². The van der Waals surface area contributed by atoms with E-state index in [1.165, 1.54) is 12.1 Å². The zero-order chi connectivity index (χ0) is 18.0. The molecular formula is C18H11Cl3N2O2Zr2. The summed E-state index contributed by atoms with van der Waals surface area (Å²) in [6.07, 6.45) is 3.20. The number of rotatable bonds is 0. The molecule has 0 fully saturated rings. The number of phenolic OH excluding ortho intramolecular Hbond substituents is 2. The van der Waals surface area contributed by atoms with Gasteiger partial charge in [0.1, 0.15) is 16.8 Å². The van der Waals surface area contributed by atoms with Gasteiger partial charge in [-0.25, -0.2) is 0 Å². The fraction of sp³-hybridized carbons (Fsp3) is 0. The number of halogens is 3. The zero-order valence-electron chi connectivity index (χ0n) is 13.6. The van der Waals surface area contributed by atoms with Crippen LogP contribution in [0.3, 0.4) is 0 Å². The molecule has 0 aliphatic heterocycles. The molecule has 2 heterocycles. The van der Waals surface area contributed by atoms with Gasteiger partial charge in [0.15, 0.2) is 5.75 Å². The van der Waals surface area contributed by atoms with E-state index in [1.807, 2.05) is 6.07 Å². The molecule has 4 aromatic rings. The number of aromatic hydroxyl groups is 2. The quantitative estimate of drug-likeness (QED) is 0.277. The van der Waals surface area contributed by atoms with Gasteiger partial charge in [0.2, 0.25) is 0 Å². The van der Waals surface area contributed by atoms with Crippen LogP contribution in [0.5, 0.6) is 11.5 Å². The normalized spacial score (nSPS) is 9.74. The summed E-state index contributed by atoms with van der Waals surface area (Å²) >= 11 is 17.5. The third kappa shape index (κ3) is 5.52. The summed E-state index contributed by atoms with van der Waals surface area (Å²) in [6, 6.07) is 11.8. The van der Waals surface area contributed by atoms with Crippen LogP contribution in [0, 0.1) is 0 Å². The van der Waals surface area contributed by atoms with Crippen LogP contribution >= 0.6 is 34.8 Å². The molecule has 0 radical (unpaired) electrons. The average molecular weight is 576 g/mol. The van der Waals surface area contributed by atoms with Crippen molar-refractivity contribution in [1.29, 1.82) is 0 Å². The number of fused-ring (bicyclic) bond motifs is 2. The Morgan fingerprint density at radius 3 is 1.81 bits per heavy atom. The topological polar surface area (TPSA) is 66.2 Å². The van der Waals surface area contributed by atoms with Crippen molar-refractivity contribution in [2.75, 3.05) is 0 Å². The predicted octanol–water partition coefficient (Wildman–Crippen LogP) is 5.84. The summed E-state index contributed by atoms with van der Waals surface area (Å²) in [5.74, 6) is 0.136. The minimum Gasteiger partial charge on any atom is -0.506 e. The van der Waals surface area contributed by atoms with Crippen LogP contribution in [0.1, 0.15) is 0 Å².